The second-order valence-corrected chi connectivity index (χ2v) is 6.90. The molecule has 2 aromatic rings. The number of carboxylic acid groups (broad SMARTS) is 1. The molecule has 0 aliphatic rings. The zero-order valence-electron chi connectivity index (χ0n) is 14.9. The molecule has 0 saturated heterocycles. The number of carboxylic acids is 1. The fraction of sp³-hybridized carbons (Fsp3) is 0.294. The first-order valence-corrected chi connectivity index (χ1v) is 9.73. The van der Waals surface area contributed by atoms with Gasteiger partial charge in [-0.25, -0.2) is 18.2 Å². The summed E-state index contributed by atoms with van der Waals surface area (Å²) in [6.45, 7) is 5.90. The van der Waals surface area contributed by atoms with Crippen molar-refractivity contribution < 1.29 is 23.1 Å². The number of aryl methyl sites for hydroxylation is 1. The summed E-state index contributed by atoms with van der Waals surface area (Å²) in [7, 11) is -2.66. The smallest absolute Gasteiger partial charge is 0.337 e. The molecular formula is C17H21ClN2O5S. The third kappa shape index (κ3) is 5.09. The van der Waals surface area contributed by atoms with Gasteiger partial charge in [0.1, 0.15) is 5.69 Å². The number of nitrogens with zero attached hydrogens (tertiary/aromatic N) is 1. The minimum Gasteiger partial charge on any atom is -0.480 e. The molecule has 0 saturated carbocycles. The zero-order chi connectivity index (χ0) is 19.9. The van der Waals surface area contributed by atoms with E-state index in [1.165, 1.54) is 19.2 Å². The summed E-state index contributed by atoms with van der Waals surface area (Å²) < 4.78 is 32.5. The van der Waals surface area contributed by atoms with E-state index in [2.05, 4.69) is 9.71 Å². The number of ether oxygens (including phenoxy) is 1. The highest BCUT2D eigenvalue weighted by molar-refractivity contribution is 7.92. The maximum Gasteiger partial charge on any atom is 0.337 e. The third-order valence-electron chi connectivity index (χ3n) is 3.23. The number of sulfonamides is 1. The Bertz CT molecular complexity index is 885. The quantitative estimate of drug-likeness (QED) is 0.763. The van der Waals surface area contributed by atoms with Crippen molar-refractivity contribution in [2.75, 3.05) is 11.8 Å². The number of hydrogen-bond acceptors (Lipinski definition) is 5. The van der Waals surface area contributed by atoms with Crippen LogP contribution in [-0.2, 0) is 16.4 Å². The predicted molar refractivity (Wildman–Crippen MR) is 101 cm³/mol. The van der Waals surface area contributed by atoms with Crippen LogP contribution in [0, 0.1) is 0 Å². The standard InChI is InChI=1S/C15H15ClN2O5S.C2H6/c1-3-9-6-13(14(23-2)17-8-9)18-24(21,22)10-4-5-12(16)11(7-10)15(19)20;1-2/h4-8,18H,3H2,1-2H3,(H,19,20);1-2H3. The Hall–Kier alpha value is -2.32. The van der Waals surface area contributed by atoms with E-state index in [1.54, 1.807) is 12.3 Å². The van der Waals surface area contributed by atoms with Crippen LogP contribution < -0.4 is 9.46 Å². The first-order valence-electron chi connectivity index (χ1n) is 7.87. The summed E-state index contributed by atoms with van der Waals surface area (Å²) in [4.78, 5) is 14.9. The molecule has 0 aliphatic heterocycles. The summed E-state index contributed by atoms with van der Waals surface area (Å²) >= 11 is 5.76. The lowest BCUT2D eigenvalue weighted by Gasteiger charge is -2.12. The summed E-state index contributed by atoms with van der Waals surface area (Å²) in [6.07, 6.45) is 2.25. The van der Waals surface area contributed by atoms with Crippen molar-refractivity contribution in [1.29, 1.82) is 0 Å². The van der Waals surface area contributed by atoms with Crippen LogP contribution in [0.4, 0.5) is 5.69 Å². The number of aromatic nitrogens is 1. The van der Waals surface area contributed by atoms with Gasteiger partial charge in [0.05, 0.1) is 22.6 Å². The van der Waals surface area contributed by atoms with Crippen molar-refractivity contribution >= 4 is 33.3 Å². The van der Waals surface area contributed by atoms with E-state index < -0.39 is 16.0 Å². The number of halogens is 1. The molecule has 0 atom stereocenters. The third-order valence-corrected chi connectivity index (χ3v) is 4.92. The van der Waals surface area contributed by atoms with Crippen molar-refractivity contribution in [3.63, 3.8) is 0 Å². The van der Waals surface area contributed by atoms with Gasteiger partial charge in [0.25, 0.3) is 10.0 Å². The number of benzene rings is 1. The number of pyridine rings is 1. The minimum atomic E-state index is -4.04. The second kappa shape index (κ2) is 9.40. The van der Waals surface area contributed by atoms with E-state index in [0.717, 1.165) is 11.6 Å². The Morgan fingerprint density at radius 3 is 2.50 bits per heavy atom. The molecule has 0 bridgehead atoms. The average Bonchev–Trinajstić information content (AvgIpc) is 2.62. The van der Waals surface area contributed by atoms with Gasteiger partial charge in [-0.15, -0.1) is 0 Å². The normalized spacial score (nSPS) is 10.5. The maximum absolute atomic E-state index is 12.5. The molecule has 0 fully saturated rings. The first-order chi connectivity index (χ1) is 12.3. The molecule has 9 heteroatoms. The van der Waals surface area contributed by atoms with Crippen LogP contribution in [0.15, 0.2) is 35.4 Å². The molecule has 0 radical (unpaired) electrons. The number of methoxy groups -OCH3 is 1. The fourth-order valence-corrected chi connectivity index (χ4v) is 3.24. The van der Waals surface area contributed by atoms with E-state index in [4.69, 9.17) is 21.4 Å². The Labute approximate surface area is 158 Å². The van der Waals surface area contributed by atoms with E-state index in [-0.39, 0.29) is 27.0 Å². The highest BCUT2D eigenvalue weighted by atomic mass is 35.5. The molecule has 0 unspecified atom stereocenters. The van der Waals surface area contributed by atoms with Crippen LogP contribution in [0.2, 0.25) is 5.02 Å². The van der Waals surface area contributed by atoms with Crippen LogP contribution in [0.3, 0.4) is 0 Å². The second-order valence-electron chi connectivity index (χ2n) is 4.81. The van der Waals surface area contributed by atoms with Crippen molar-refractivity contribution in [2.45, 2.75) is 32.1 Å². The monoisotopic (exact) mass is 400 g/mol. The number of anilines is 1. The van der Waals surface area contributed by atoms with Crippen molar-refractivity contribution in [1.82, 2.24) is 4.98 Å². The van der Waals surface area contributed by atoms with Crippen LogP contribution in [0.5, 0.6) is 5.88 Å². The van der Waals surface area contributed by atoms with Gasteiger partial charge >= 0.3 is 5.97 Å². The van der Waals surface area contributed by atoms with E-state index >= 15 is 0 Å². The highest BCUT2D eigenvalue weighted by Gasteiger charge is 2.20. The Kier molecular flexibility index (Phi) is 7.85. The predicted octanol–water partition coefficient (Wildman–Crippen LogP) is 3.83. The van der Waals surface area contributed by atoms with Gasteiger partial charge in [-0.1, -0.05) is 32.4 Å². The van der Waals surface area contributed by atoms with Crippen molar-refractivity contribution in [3.8, 4) is 5.88 Å². The van der Waals surface area contributed by atoms with Crippen molar-refractivity contribution in [2.24, 2.45) is 0 Å². The van der Waals surface area contributed by atoms with Gasteiger partial charge in [-0.3, -0.25) is 4.72 Å². The van der Waals surface area contributed by atoms with E-state index in [0.29, 0.717) is 6.42 Å². The maximum atomic E-state index is 12.5. The summed E-state index contributed by atoms with van der Waals surface area (Å²) in [5.74, 6) is -1.20. The summed E-state index contributed by atoms with van der Waals surface area (Å²) in [5.41, 5.74) is 0.687. The summed E-state index contributed by atoms with van der Waals surface area (Å²) in [6, 6.07) is 5.05. The molecule has 1 aromatic heterocycles. The number of aromatic carboxylic acids is 1. The van der Waals surface area contributed by atoms with E-state index in [1.807, 2.05) is 20.8 Å². The van der Waals surface area contributed by atoms with Crippen LogP contribution >= 0.6 is 11.6 Å². The number of nitrogens with one attached hydrogen (secondary N) is 1. The Morgan fingerprint density at radius 1 is 1.31 bits per heavy atom. The van der Waals surface area contributed by atoms with Gasteiger partial charge in [-0.05, 0) is 36.2 Å². The first kappa shape index (κ1) is 21.7. The van der Waals surface area contributed by atoms with Gasteiger partial charge in [0.15, 0.2) is 0 Å². The number of hydrogen-bond donors (Lipinski definition) is 2. The molecule has 0 amide bonds. The molecule has 0 aliphatic carbocycles. The molecule has 7 nitrogen and oxygen atoms in total. The van der Waals surface area contributed by atoms with Crippen LogP contribution in [0.25, 0.3) is 0 Å². The van der Waals surface area contributed by atoms with E-state index in [9.17, 15) is 13.2 Å². The van der Waals surface area contributed by atoms with Crippen molar-refractivity contribution in [3.05, 3.63) is 46.6 Å². The van der Waals surface area contributed by atoms with Gasteiger partial charge in [-0.2, -0.15) is 0 Å². The zero-order valence-corrected chi connectivity index (χ0v) is 16.5. The molecule has 26 heavy (non-hydrogen) atoms. The topological polar surface area (TPSA) is 106 Å². The average molecular weight is 401 g/mol. The fourth-order valence-electron chi connectivity index (χ4n) is 1.96. The summed E-state index contributed by atoms with van der Waals surface area (Å²) in [5, 5.41) is 9.02. The Morgan fingerprint density at radius 2 is 1.96 bits per heavy atom. The lowest BCUT2D eigenvalue weighted by Crippen LogP contribution is -2.15. The SMILES string of the molecule is CC.CCc1cnc(OC)c(NS(=O)(=O)c2ccc(Cl)c(C(=O)O)c2)c1. The highest BCUT2D eigenvalue weighted by Crippen LogP contribution is 2.27. The molecule has 2 N–H and O–H groups in total. The minimum absolute atomic E-state index is 0.0475. The van der Waals surface area contributed by atoms with Gasteiger partial charge in [0.2, 0.25) is 5.88 Å². The molecule has 142 valence electrons. The molecule has 1 heterocycles. The molecular weight excluding hydrogens is 380 g/mol. The van der Waals surface area contributed by atoms with Crippen LogP contribution in [0.1, 0.15) is 36.7 Å². The lowest BCUT2D eigenvalue weighted by atomic mass is 10.2. The lowest BCUT2D eigenvalue weighted by molar-refractivity contribution is 0.0697. The molecule has 1 aromatic carbocycles. The van der Waals surface area contributed by atoms with Gasteiger partial charge in [0, 0.05) is 6.20 Å². The van der Waals surface area contributed by atoms with Gasteiger partial charge < -0.3 is 9.84 Å². The van der Waals surface area contributed by atoms with Crippen LogP contribution in [-0.4, -0.2) is 31.6 Å². The number of carbonyl (C=O) groups is 1. The largest absolute Gasteiger partial charge is 0.480 e. The Balaban J connectivity index is 0.00000163. The molecule has 0 spiro atoms. The number of rotatable bonds is 6. The molecule has 2 rings (SSSR count).